The minimum Gasteiger partial charge on any atom is -0.508 e. The molecule has 0 unspecified atom stereocenters. The Morgan fingerprint density at radius 3 is 1.80 bits per heavy atom. The van der Waals surface area contributed by atoms with Crippen molar-refractivity contribution in [2.75, 3.05) is 6.54 Å². The zero-order valence-corrected chi connectivity index (χ0v) is 31.5. The molecule has 0 fully saturated rings. The van der Waals surface area contributed by atoms with Gasteiger partial charge in [-0.1, -0.05) is 23.7 Å². The largest absolute Gasteiger partial charge is 0.508 e. The van der Waals surface area contributed by atoms with Crippen molar-refractivity contribution in [3.63, 3.8) is 0 Å². The molecule has 0 saturated carbocycles. The minimum atomic E-state index is -2.51. The first-order valence-electron chi connectivity index (χ1n) is 17.2. The number of amides is 4. The standard InChI is InChI=1S/C32H39B10N9O5/c1-12-9-14(52)10-13(2)15(12)11-17(49-26(54)16(43)5-3-8-48-29(45)46)27(55)51-30(38,6-4-7-31(39,40)47)28(56)50-24(25(44)53)32(41,42)18-19(33)21(35)23(37)22(36)20(18)34/h9-10,16-17,24,52H,3-8,11,43,47H2,1-2H3,(H2,44,53)(H,49,54)(H,50,56)(H,51,55)(H4,45,46,48)/t16-,17+,24-,30+/m1/s1. The molecule has 2 rings (SSSR count). The molecule has 2 aromatic carbocycles. The summed E-state index contributed by atoms with van der Waals surface area (Å²) >= 11 is 0. The molecule has 272 valence electrons. The molecular weight excluding hydrogens is 699 g/mol. The highest BCUT2D eigenvalue weighted by atomic mass is 16.3. The van der Waals surface area contributed by atoms with E-state index in [1.807, 2.05) is 0 Å². The Labute approximate surface area is 341 Å². The molecule has 0 aliphatic heterocycles. The van der Waals surface area contributed by atoms with E-state index >= 15 is 0 Å². The smallest absolute Gasteiger partial charge is 0.243 e. The third-order valence-corrected chi connectivity index (χ3v) is 9.13. The molecule has 0 aromatic heterocycles. The predicted octanol–water partition coefficient (Wildman–Crippen LogP) is -9.35. The Bertz CT molecular complexity index is 1790. The molecule has 0 aliphatic carbocycles. The summed E-state index contributed by atoms with van der Waals surface area (Å²) in [5.74, 6) is -4.44. The number of phenolic OH excluding ortho intramolecular Hbond substituents is 1. The molecule has 14 nitrogen and oxygen atoms in total. The summed E-state index contributed by atoms with van der Waals surface area (Å²) < 4.78 is 0. The Kier molecular flexibility index (Phi) is 16.7. The van der Waals surface area contributed by atoms with Gasteiger partial charge in [-0.25, -0.2) is 0 Å². The second kappa shape index (κ2) is 19.4. The molecule has 14 N–H and O–H groups in total. The number of nitrogens with two attached hydrogens (primary N) is 5. The van der Waals surface area contributed by atoms with E-state index in [-0.39, 0.29) is 76.8 Å². The number of phenols is 1. The lowest BCUT2D eigenvalue weighted by Gasteiger charge is -2.41. The summed E-state index contributed by atoms with van der Waals surface area (Å²) in [5.41, 5.74) is 25.7. The van der Waals surface area contributed by atoms with Gasteiger partial charge in [0.15, 0.2) is 5.96 Å². The first-order chi connectivity index (χ1) is 25.6. The number of carbonyl (C=O) groups is 4. The molecule has 4 atom stereocenters. The monoisotopic (exact) mass is 739 g/mol. The second-order valence-corrected chi connectivity index (χ2v) is 14.0. The van der Waals surface area contributed by atoms with Crippen molar-refractivity contribution < 1.29 is 24.3 Å². The first-order valence-corrected chi connectivity index (χ1v) is 17.2. The van der Waals surface area contributed by atoms with E-state index in [4.69, 9.17) is 107 Å². The number of hydrogen-bond donors (Lipinski definition) is 9. The van der Waals surface area contributed by atoms with Gasteiger partial charge >= 0.3 is 0 Å². The summed E-state index contributed by atoms with van der Waals surface area (Å²) in [6, 6.07) is -1.67. The van der Waals surface area contributed by atoms with Crippen molar-refractivity contribution in [1.29, 1.82) is 0 Å². The van der Waals surface area contributed by atoms with Crippen LogP contribution in [0.1, 0.15) is 54.4 Å². The van der Waals surface area contributed by atoms with Crippen molar-refractivity contribution in [2.45, 2.75) is 86.5 Å². The van der Waals surface area contributed by atoms with Gasteiger partial charge in [-0.15, -0.1) is 27.3 Å². The molecule has 0 heterocycles. The van der Waals surface area contributed by atoms with Gasteiger partial charge in [-0.05, 0) is 67.1 Å². The van der Waals surface area contributed by atoms with Crippen LogP contribution >= 0.6 is 0 Å². The summed E-state index contributed by atoms with van der Waals surface area (Å²) in [4.78, 5) is 58.6. The Morgan fingerprint density at radius 1 is 0.804 bits per heavy atom. The number of aliphatic imine (C=N–C) groups is 1. The normalized spacial score (nSPS) is 14.4. The van der Waals surface area contributed by atoms with Crippen LogP contribution in [0.3, 0.4) is 0 Å². The number of guanidine groups is 1. The van der Waals surface area contributed by atoms with Crippen LogP contribution in [0.25, 0.3) is 0 Å². The fourth-order valence-electron chi connectivity index (χ4n) is 5.99. The summed E-state index contributed by atoms with van der Waals surface area (Å²) in [6.07, 6.45) is -0.324. The second-order valence-electron chi connectivity index (χ2n) is 14.0. The molecule has 0 saturated heterocycles. The molecule has 0 spiro atoms. The lowest BCUT2D eigenvalue weighted by molar-refractivity contribution is -0.135. The number of carbonyl (C=O) groups excluding carboxylic acids is 4. The van der Waals surface area contributed by atoms with Crippen LogP contribution in [0.5, 0.6) is 5.75 Å². The molecule has 20 radical (unpaired) electrons. The van der Waals surface area contributed by atoms with Crippen LogP contribution in [0.2, 0.25) is 0 Å². The van der Waals surface area contributed by atoms with Gasteiger partial charge in [-0.3, -0.25) is 24.2 Å². The summed E-state index contributed by atoms with van der Waals surface area (Å²) in [5, 5.41) is 13.2. The minimum absolute atomic E-state index is 0.0298. The third kappa shape index (κ3) is 12.5. The van der Waals surface area contributed by atoms with Crippen molar-refractivity contribution in [2.24, 2.45) is 33.7 Å². The maximum atomic E-state index is 14.2. The molecule has 4 amide bonds. The molecule has 24 heteroatoms. The van der Waals surface area contributed by atoms with Gasteiger partial charge in [0.1, 0.15) is 64.9 Å². The third-order valence-electron chi connectivity index (χ3n) is 9.13. The molecular formula is C32H39B10N9O5. The van der Waals surface area contributed by atoms with Crippen molar-refractivity contribution >= 4 is 135 Å². The number of aryl methyl sites for hydroxylation is 2. The predicted molar refractivity (Wildman–Crippen MR) is 228 cm³/mol. The fourth-order valence-corrected chi connectivity index (χ4v) is 5.99. The van der Waals surface area contributed by atoms with E-state index in [9.17, 15) is 24.3 Å². The molecule has 56 heavy (non-hydrogen) atoms. The van der Waals surface area contributed by atoms with E-state index in [0.717, 1.165) is 0 Å². The van der Waals surface area contributed by atoms with Gasteiger partial charge in [0, 0.05) is 13.0 Å². The number of benzene rings is 2. The lowest BCUT2D eigenvalue weighted by atomic mass is 9.42. The Morgan fingerprint density at radius 2 is 1.32 bits per heavy atom. The van der Waals surface area contributed by atoms with Crippen LogP contribution in [0.15, 0.2) is 17.1 Å². The number of primary amides is 1. The Balaban J connectivity index is 2.61. The van der Waals surface area contributed by atoms with Gasteiger partial charge in [0.2, 0.25) is 23.6 Å². The average Bonchev–Trinajstić information content (AvgIpc) is 3.06. The average molecular weight is 738 g/mol. The lowest BCUT2D eigenvalue weighted by Crippen LogP contribution is -2.69. The van der Waals surface area contributed by atoms with Gasteiger partial charge in [0.25, 0.3) is 0 Å². The highest BCUT2D eigenvalue weighted by Crippen LogP contribution is 2.24. The van der Waals surface area contributed by atoms with E-state index < -0.39 is 64.2 Å². The summed E-state index contributed by atoms with van der Waals surface area (Å²) in [7, 11) is 61.1. The van der Waals surface area contributed by atoms with Crippen LogP contribution < -0.4 is 71.9 Å². The van der Waals surface area contributed by atoms with Crippen LogP contribution in [0, 0.1) is 13.8 Å². The van der Waals surface area contributed by atoms with Crippen LogP contribution in [-0.2, 0) is 30.8 Å². The van der Waals surface area contributed by atoms with Gasteiger partial charge < -0.3 is 49.7 Å². The van der Waals surface area contributed by atoms with Crippen LogP contribution in [-0.4, -0.2) is 149 Å². The SMILES string of the molecule is [B]c1c([B])c([B])c(C([B])([B])[C@H](NC(=O)[C@]([B])(CCCC([B])([B])N)NC(=O)[C@H](Cc2c(C)cc(O)cc2C)NC(=O)[C@H](N)CCCN=C(N)N)C(N)=O)c([B])c1[B]. The van der Waals surface area contributed by atoms with Crippen molar-refractivity contribution in [3.05, 3.63) is 34.4 Å². The Hall–Kier alpha value is -4.04. The number of aromatic hydroxyl groups is 1. The van der Waals surface area contributed by atoms with E-state index in [0.29, 0.717) is 23.1 Å². The summed E-state index contributed by atoms with van der Waals surface area (Å²) in [6.45, 7) is 3.56. The van der Waals surface area contributed by atoms with E-state index in [1.54, 1.807) is 13.8 Å². The van der Waals surface area contributed by atoms with Gasteiger partial charge in [-0.2, -0.15) is 0 Å². The van der Waals surface area contributed by atoms with Gasteiger partial charge in [0.05, 0.1) is 42.9 Å². The molecule has 2 aromatic rings. The highest BCUT2D eigenvalue weighted by Gasteiger charge is 2.43. The maximum Gasteiger partial charge on any atom is 0.243 e. The zero-order valence-electron chi connectivity index (χ0n) is 31.5. The topological polar surface area (TPSA) is 267 Å². The van der Waals surface area contributed by atoms with E-state index in [1.165, 1.54) is 12.1 Å². The number of nitrogens with one attached hydrogen (secondary N) is 3. The maximum absolute atomic E-state index is 14.2. The number of nitrogens with zero attached hydrogens (tertiary/aromatic N) is 1. The first kappa shape index (κ1) is 48.1. The number of hydrogen-bond acceptors (Lipinski definition) is 8. The van der Waals surface area contributed by atoms with E-state index in [2.05, 4.69) is 20.9 Å². The zero-order chi connectivity index (χ0) is 43.1. The number of rotatable bonds is 19. The van der Waals surface area contributed by atoms with Crippen LogP contribution in [0.4, 0.5) is 0 Å². The van der Waals surface area contributed by atoms with Crippen molar-refractivity contribution in [3.8, 4) is 5.75 Å². The quantitative estimate of drug-likeness (QED) is 0.0286. The van der Waals surface area contributed by atoms with Crippen molar-refractivity contribution in [1.82, 2.24) is 16.0 Å². The molecule has 0 aliphatic rings. The fraction of sp³-hybridized carbons (Fsp3) is 0.469. The molecule has 0 bridgehead atoms. The highest BCUT2D eigenvalue weighted by molar-refractivity contribution is 6.68.